The molecule has 2 atom stereocenters. The van der Waals surface area contributed by atoms with E-state index in [0.717, 1.165) is 18.0 Å². The largest absolute Gasteiger partial charge is 0.493 e. The Morgan fingerprint density at radius 2 is 1.73 bits per heavy atom. The minimum absolute atomic E-state index is 0.0503. The van der Waals surface area contributed by atoms with Crippen LogP contribution in [0.25, 0.3) is 0 Å². The SMILES string of the molecule is COc1cc2c(cc1OC)C(C(=O)N1CCN(C)CC1)C(c1cccs1)N(C)C2=O. The van der Waals surface area contributed by atoms with Crippen molar-refractivity contribution in [1.29, 1.82) is 0 Å². The van der Waals surface area contributed by atoms with Gasteiger partial charge in [-0.3, -0.25) is 9.59 Å². The fourth-order valence-electron chi connectivity index (χ4n) is 4.35. The van der Waals surface area contributed by atoms with E-state index in [1.165, 1.54) is 0 Å². The second kappa shape index (κ2) is 8.28. The minimum Gasteiger partial charge on any atom is -0.493 e. The summed E-state index contributed by atoms with van der Waals surface area (Å²) in [6.07, 6.45) is 0. The fraction of sp³-hybridized carbons (Fsp3) is 0.455. The van der Waals surface area contributed by atoms with Gasteiger partial charge in [0, 0.05) is 43.7 Å². The van der Waals surface area contributed by atoms with Gasteiger partial charge in [0.25, 0.3) is 5.91 Å². The summed E-state index contributed by atoms with van der Waals surface area (Å²) < 4.78 is 10.9. The van der Waals surface area contributed by atoms with Gasteiger partial charge in [-0.05, 0) is 36.2 Å². The van der Waals surface area contributed by atoms with Crippen molar-refractivity contribution in [1.82, 2.24) is 14.7 Å². The molecule has 2 amide bonds. The van der Waals surface area contributed by atoms with Gasteiger partial charge in [0.2, 0.25) is 5.91 Å². The van der Waals surface area contributed by atoms with Crippen molar-refractivity contribution >= 4 is 23.2 Å². The zero-order valence-corrected chi connectivity index (χ0v) is 18.6. The minimum atomic E-state index is -0.496. The molecule has 7 nitrogen and oxygen atoms in total. The van der Waals surface area contributed by atoms with Crippen LogP contribution >= 0.6 is 11.3 Å². The Morgan fingerprint density at radius 3 is 2.33 bits per heavy atom. The molecule has 0 radical (unpaired) electrons. The first-order chi connectivity index (χ1) is 14.5. The molecule has 3 heterocycles. The third kappa shape index (κ3) is 3.44. The second-order valence-electron chi connectivity index (χ2n) is 7.78. The summed E-state index contributed by atoms with van der Waals surface area (Å²) in [5.74, 6) is 0.443. The van der Waals surface area contributed by atoms with Crippen LogP contribution in [0.5, 0.6) is 11.5 Å². The third-order valence-electron chi connectivity index (χ3n) is 6.09. The van der Waals surface area contributed by atoms with Crippen molar-refractivity contribution in [2.24, 2.45) is 0 Å². The highest BCUT2D eigenvalue weighted by Gasteiger charge is 2.45. The summed E-state index contributed by atoms with van der Waals surface area (Å²) in [4.78, 5) is 34.0. The smallest absolute Gasteiger partial charge is 0.254 e. The van der Waals surface area contributed by atoms with Crippen molar-refractivity contribution in [3.05, 3.63) is 45.6 Å². The van der Waals surface area contributed by atoms with Gasteiger partial charge in [-0.25, -0.2) is 0 Å². The molecular formula is C22H27N3O4S. The van der Waals surface area contributed by atoms with E-state index in [4.69, 9.17) is 9.47 Å². The number of hydrogen-bond donors (Lipinski definition) is 0. The Labute approximate surface area is 180 Å². The van der Waals surface area contributed by atoms with E-state index in [1.54, 1.807) is 49.6 Å². The van der Waals surface area contributed by atoms with Gasteiger partial charge < -0.3 is 24.2 Å². The summed E-state index contributed by atoms with van der Waals surface area (Å²) in [5.41, 5.74) is 1.20. The zero-order chi connectivity index (χ0) is 21.4. The number of carbonyl (C=O) groups excluding carboxylic acids is 2. The molecule has 0 bridgehead atoms. The predicted molar refractivity (Wildman–Crippen MR) is 116 cm³/mol. The lowest BCUT2D eigenvalue weighted by molar-refractivity contribution is -0.136. The number of hydrogen-bond acceptors (Lipinski definition) is 6. The molecule has 2 aliphatic heterocycles. The molecule has 1 saturated heterocycles. The van der Waals surface area contributed by atoms with Gasteiger partial charge in [0.1, 0.15) is 0 Å². The van der Waals surface area contributed by atoms with Gasteiger partial charge in [-0.1, -0.05) is 6.07 Å². The van der Waals surface area contributed by atoms with Crippen LogP contribution in [-0.2, 0) is 4.79 Å². The maximum absolute atomic E-state index is 13.8. The molecule has 0 spiro atoms. The topological polar surface area (TPSA) is 62.3 Å². The van der Waals surface area contributed by atoms with Crippen LogP contribution in [0.2, 0.25) is 0 Å². The van der Waals surface area contributed by atoms with Crippen molar-refractivity contribution in [2.45, 2.75) is 12.0 Å². The number of carbonyl (C=O) groups is 2. The number of benzene rings is 1. The monoisotopic (exact) mass is 429 g/mol. The number of ether oxygens (including phenoxy) is 2. The van der Waals surface area contributed by atoms with Crippen molar-refractivity contribution in [3.63, 3.8) is 0 Å². The van der Waals surface area contributed by atoms with E-state index in [0.29, 0.717) is 35.7 Å². The highest BCUT2D eigenvalue weighted by molar-refractivity contribution is 7.10. The quantitative estimate of drug-likeness (QED) is 0.747. The summed E-state index contributed by atoms with van der Waals surface area (Å²) in [7, 11) is 6.95. The van der Waals surface area contributed by atoms with E-state index in [1.807, 2.05) is 22.4 Å². The first-order valence-corrected chi connectivity index (χ1v) is 10.9. The average Bonchev–Trinajstić information content (AvgIpc) is 3.29. The number of likely N-dealkylation sites (N-methyl/N-ethyl adjacent to an activating group) is 2. The van der Waals surface area contributed by atoms with Gasteiger partial charge in [0.15, 0.2) is 11.5 Å². The standard InChI is InChI=1S/C22H27N3O4S/c1-23-7-9-25(10-8-23)22(27)19-14-12-16(28-3)17(29-4)13-15(14)21(26)24(2)20(19)18-6-5-11-30-18/h5-6,11-13,19-20H,7-10H2,1-4H3. The molecule has 1 fully saturated rings. The second-order valence-corrected chi connectivity index (χ2v) is 8.76. The van der Waals surface area contributed by atoms with Crippen LogP contribution in [-0.4, -0.2) is 81.0 Å². The first kappa shape index (κ1) is 20.7. The lowest BCUT2D eigenvalue weighted by Crippen LogP contribution is -2.52. The normalized spacial score (nSPS) is 22.1. The number of piperazine rings is 1. The summed E-state index contributed by atoms with van der Waals surface area (Å²) in [6.45, 7) is 3.05. The molecular weight excluding hydrogens is 402 g/mol. The summed E-state index contributed by atoms with van der Waals surface area (Å²) in [5, 5.41) is 1.98. The Kier molecular flexibility index (Phi) is 5.71. The van der Waals surface area contributed by atoms with Crippen molar-refractivity contribution < 1.29 is 19.1 Å². The number of rotatable bonds is 4. The van der Waals surface area contributed by atoms with Gasteiger partial charge in [0.05, 0.1) is 26.2 Å². The maximum Gasteiger partial charge on any atom is 0.254 e. The van der Waals surface area contributed by atoms with Gasteiger partial charge >= 0.3 is 0 Å². The van der Waals surface area contributed by atoms with E-state index in [2.05, 4.69) is 11.9 Å². The van der Waals surface area contributed by atoms with Crippen LogP contribution < -0.4 is 9.47 Å². The molecule has 8 heteroatoms. The fourth-order valence-corrected chi connectivity index (χ4v) is 5.26. The molecule has 0 saturated carbocycles. The third-order valence-corrected chi connectivity index (χ3v) is 7.03. The molecule has 1 aromatic heterocycles. The number of methoxy groups -OCH3 is 2. The average molecular weight is 430 g/mol. The molecule has 4 rings (SSSR count). The lowest BCUT2D eigenvalue weighted by Gasteiger charge is -2.42. The highest BCUT2D eigenvalue weighted by Crippen LogP contribution is 2.47. The number of nitrogens with zero attached hydrogens (tertiary/aromatic N) is 3. The first-order valence-electron chi connectivity index (χ1n) is 10.00. The Bertz CT molecular complexity index is 938. The Balaban J connectivity index is 1.85. The lowest BCUT2D eigenvalue weighted by atomic mass is 9.81. The van der Waals surface area contributed by atoms with Gasteiger partial charge in [-0.15, -0.1) is 11.3 Å². The number of amides is 2. The maximum atomic E-state index is 13.8. The molecule has 0 N–H and O–H groups in total. The van der Waals surface area contributed by atoms with Crippen LogP contribution in [0.4, 0.5) is 0 Å². The molecule has 1 aromatic carbocycles. The summed E-state index contributed by atoms with van der Waals surface area (Å²) in [6, 6.07) is 7.10. The molecule has 0 aliphatic carbocycles. The van der Waals surface area contributed by atoms with Crippen LogP contribution in [0.3, 0.4) is 0 Å². The summed E-state index contributed by atoms with van der Waals surface area (Å²) >= 11 is 1.57. The zero-order valence-electron chi connectivity index (χ0n) is 17.8. The van der Waals surface area contributed by atoms with E-state index in [9.17, 15) is 9.59 Å². The van der Waals surface area contributed by atoms with Gasteiger partial charge in [-0.2, -0.15) is 0 Å². The van der Waals surface area contributed by atoms with Crippen LogP contribution in [0.15, 0.2) is 29.6 Å². The number of thiophene rings is 1. The Morgan fingerprint density at radius 1 is 1.07 bits per heavy atom. The van der Waals surface area contributed by atoms with Crippen LogP contribution in [0, 0.1) is 0 Å². The van der Waals surface area contributed by atoms with E-state index >= 15 is 0 Å². The van der Waals surface area contributed by atoms with Crippen molar-refractivity contribution in [3.8, 4) is 11.5 Å². The molecule has 2 unspecified atom stereocenters. The molecule has 160 valence electrons. The Hall–Kier alpha value is -2.58. The molecule has 30 heavy (non-hydrogen) atoms. The predicted octanol–water partition coefficient (Wildman–Crippen LogP) is 2.45. The van der Waals surface area contributed by atoms with E-state index in [-0.39, 0.29) is 17.9 Å². The van der Waals surface area contributed by atoms with E-state index < -0.39 is 5.92 Å². The highest BCUT2D eigenvalue weighted by atomic mass is 32.1. The molecule has 2 aromatic rings. The van der Waals surface area contributed by atoms with Crippen LogP contribution in [0.1, 0.15) is 32.8 Å². The van der Waals surface area contributed by atoms with Crippen molar-refractivity contribution in [2.75, 3.05) is 54.5 Å². The molecule has 2 aliphatic rings. The number of fused-ring (bicyclic) bond motifs is 1.